The molecule has 8 nitrogen and oxygen atoms in total. The highest BCUT2D eigenvalue weighted by atomic mass is 16.5. The van der Waals surface area contributed by atoms with Crippen LogP contribution in [-0.2, 0) is 11.8 Å². The van der Waals surface area contributed by atoms with Crippen molar-refractivity contribution in [2.45, 2.75) is 31.9 Å². The first kappa shape index (κ1) is 17.8. The molecule has 0 spiro atoms. The number of hydrogen-bond acceptors (Lipinski definition) is 6. The highest BCUT2D eigenvalue weighted by Gasteiger charge is 2.30. The summed E-state index contributed by atoms with van der Waals surface area (Å²) >= 11 is 0. The first-order valence-corrected chi connectivity index (χ1v) is 9.71. The van der Waals surface area contributed by atoms with Gasteiger partial charge < -0.3 is 14.6 Å². The van der Waals surface area contributed by atoms with E-state index in [1.165, 1.54) is 0 Å². The van der Waals surface area contributed by atoms with Gasteiger partial charge >= 0.3 is 0 Å². The van der Waals surface area contributed by atoms with Crippen molar-refractivity contribution in [2.75, 3.05) is 12.4 Å². The van der Waals surface area contributed by atoms with Gasteiger partial charge in [-0.2, -0.15) is 0 Å². The summed E-state index contributed by atoms with van der Waals surface area (Å²) in [6.45, 7) is 2.10. The molecular formula is C21H23N7O. The second kappa shape index (κ2) is 6.97. The van der Waals surface area contributed by atoms with Gasteiger partial charge in [0.25, 0.3) is 0 Å². The zero-order valence-corrected chi connectivity index (χ0v) is 16.7. The lowest BCUT2D eigenvalue weighted by atomic mass is 9.89. The van der Waals surface area contributed by atoms with E-state index in [2.05, 4.69) is 28.3 Å². The maximum Gasteiger partial charge on any atom is 0.218 e. The molecule has 5 rings (SSSR count). The summed E-state index contributed by atoms with van der Waals surface area (Å²) in [4.78, 5) is 13.6. The average molecular weight is 389 g/mol. The van der Waals surface area contributed by atoms with E-state index in [-0.39, 0.29) is 0 Å². The maximum absolute atomic E-state index is 5.43. The van der Waals surface area contributed by atoms with Gasteiger partial charge in [-0.05, 0) is 31.4 Å². The molecule has 4 heterocycles. The highest BCUT2D eigenvalue weighted by molar-refractivity contribution is 5.83. The molecular weight excluding hydrogens is 366 g/mol. The molecule has 1 aliphatic carbocycles. The quantitative estimate of drug-likeness (QED) is 0.565. The smallest absolute Gasteiger partial charge is 0.218 e. The normalized spacial score (nSPS) is 18.7. The van der Waals surface area contributed by atoms with Crippen LogP contribution in [0.5, 0.6) is 0 Å². The SMILES string of the molecule is COC1CC(Nc2nc(-c3nccn3C)nn3cc(-c4cccnc4)c(C)c23)C1. The zero-order valence-electron chi connectivity index (χ0n) is 16.7. The summed E-state index contributed by atoms with van der Waals surface area (Å²) in [5.41, 5.74) is 4.25. The van der Waals surface area contributed by atoms with Crippen LogP contribution in [0, 0.1) is 6.92 Å². The second-order valence-corrected chi connectivity index (χ2v) is 7.52. The Kier molecular flexibility index (Phi) is 4.28. The van der Waals surface area contributed by atoms with Crippen LogP contribution in [0.15, 0.2) is 43.1 Å². The molecule has 0 radical (unpaired) electrons. The summed E-state index contributed by atoms with van der Waals surface area (Å²) in [5.74, 6) is 2.14. The number of rotatable bonds is 5. The molecule has 4 aromatic heterocycles. The third-order valence-electron chi connectivity index (χ3n) is 5.65. The third kappa shape index (κ3) is 3.05. The van der Waals surface area contributed by atoms with Crippen molar-refractivity contribution in [3.63, 3.8) is 0 Å². The predicted molar refractivity (Wildman–Crippen MR) is 111 cm³/mol. The molecule has 0 unspecified atom stereocenters. The molecule has 8 heteroatoms. The minimum Gasteiger partial charge on any atom is -0.381 e. The largest absolute Gasteiger partial charge is 0.381 e. The van der Waals surface area contributed by atoms with E-state index in [0.717, 1.165) is 46.7 Å². The minimum absolute atomic E-state index is 0.318. The number of methoxy groups -OCH3 is 1. The molecule has 148 valence electrons. The van der Waals surface area contributed by atoms with E-state index in [9.17, 15) is 0 Å². The van der Waals surface area contributed by atoms with Crippen molar-refractivity contribution >= 4 is 11.3 Å². The summed E-state index contributed by atoms with van der Waals surface area (Å²) in [6.07, 6.45) is 11.6. The molecule has 1 N–H and O–H groups in total. The Morgan fingerprint density at radius 2 is 2.10 bits per heavy atom. The fourth-order valence-electron chi connectivity index (χ4n) is 3.89. The average Bonchev–Trinajstić information content (AvgIpc) is 3.28. The number of imidazole rings is 1. The minimum atomic E-state index is 0.318. The number of fused-ring (bicyclic) bond motifs is 1. The van der Waals surface area contributed by atoms with Crippen LogP contribution >= 0.6 is 0 Å². The third-order valence-corrected chi connectivity index (χ3v) is 5.65. The topological polar surface area (TPSA) is 82.2 Å². The molecule has 0 bridgehead atoms. The van der Waals surface area contributed by atoms with E-state index >= 15 is 0 Å². The molecule has 0 saturated heterocycles. The molecule has 0 atom stereocenters. The van der Waals surface area contributed by atoms with Crippen LogP contribution in [0.4, 0.5) is 5.82 Å². The van der Waals surface area contributed by atoms with Gasteiger partial charge in [0.15, 0.2) is 11.6 Å². The molecule has 4 aromatic rings. The van der Waals surface area contributed by atoms with Crippen LogP contribution < -0.4 is 5.32 Å². The van der Waals surface area contributed by atoms with E-state index in [0.29, 0.717) is 18.0 Å². The molecule has 1 fully saturated rings. The molecule has 0 aromatic carbocycles. The number of aryl methyl sites for hydroxylation is 2. The van der Waals surface area contributed by atoms with Crippen LogP contribution in [0.2, 0.25) is 0 Å². The van der Waals surface area contributed by atoms with E-state index in [1.54, 1.807) is 19.5 Å². The Morgan fingerprint density at radius 3 is 2.79 bits per heavy atom. The molecule has 0 amide bonds. The molecule has 1 aliphatic rings. The van der Waals surface area contributed by atoms with Crippen LogP contribution in [0.1, 0.15) is 18.4 Å². The number of nitrogens with one attached hydrogen (secondary N) is 1. The Balaban J connectivity index is 1.65. The summed E-state index contributed by atoms with van der Waals surface area (Å²) in [6, 6.07) is 4.34. The number of anilines is 1. The van der Waals surface area contributed by atoms with Crippen molar-refractivity contribution in [1.82, 2.24) is 29.1 Å². The van der Waals surface area contributed by atoms with Gasteiger partial charge in [0.2, 0.25) is 5.82 Å². The number of hydrogen-bond donors (Lipinski definition) is 1. The molecule has 0 aliphatic heterocycles. The van der Waals surface area contributed by atoms with Gasteiger partial charge in [0, 0.05) is 62.3 Å². The summed E-state index contributed by atoms with van der Waals surface area (Å²) in [5, 5.41) is 8.37. The number of aromatic nitrogens is 6. The van der Waals surface area contributed by atoms with Crippen LogP contribution in [0.3, 0.4) is 0 Å². The highest BCUT2D eigenvalue weighted by Crippen LogP contribution is 2.33. The van der Waals surface area contributed by atoms with Gasteiger partial charge in [0.05, 0.1) is 6.10 Å². The van der Waals surface area contributed by atoms with Gasteiger partial charge in [-0.15, -0.1) is 5.10 Å². The predicted octanol–water partition coefficient (Wildman–Crippen LogP) is 3.09. The fourth-order valence-corrected chi connectivity index (χ4v) is 3.89. The van der Waals surface area contributed by atoms with Crippen molar-refractivity contribution in [3.8, 4) is 22.8 Å². The lowest BCUT2D eigenvalue weighted by Gasteiger charge is -2.35. The second-order valence-electron chi connectivity index (χ2n) is 7.52. The van der Waals surface area contributed by atoms with Gasteiger partial charge in [-0.1, -0.05) is 6.07 Å². The fraction of sp³-hybridized carbons (Fsp3) is 0.333. The number of nitrogens with zero attached hydrogens (tertiary/aromatic N) is 6. The van der Waals surface area contributed by atoms with Crippen LogP contribution in [0.25, 0.3) is 28.3 Å². The lowest BCUT2D eigenvalue weighted by Crippen LogP contribution is -2.40. The number of ether oxygens (including phenoxy) is 1. The van der Waals surface area contributed by atoms with Crippen molar-refractivity contribution in [1.29, 1.82) is 0 Å². The summed E-state index contributed by atoms with van der Waals surface area (Å²) in [7, 11) is 3.71. The van der Waals surface area contributed by atoms with Gasteiger partial charge in [-0.3, -0.25) is 4.98 Å². The monoisotopic (exact) mass is 389 g/mol. The Bertz CT molecular complexity index is 1160. The van der Waals surface area contributed by atoms with Crippen molar-refractivity contribution < 1.29 is 4.74 Å². The van der Waals surface area contributed by atoms with E-state index in [1.807, 2.05) is 40.8 Å². The van der Waals surface area contributed by atoms with E-state index in [4.69, 9.17) is 14.8 Å². The lowest BCUT2D eigenvalue weighted by molar-refractivity contribution is 0.0328. The Labute approximate surface area is 168 Å². The zero-order chi connectivity index (χ0) is 20.0. The maximum atomic E-state index is 5.43. The first-order valence-electron chi connectivity index (χ1n) is 9.71. The van der Waals surface area contributed by atoms with Gasteiger partial charge in [0.1, 0.15) is 5.52 Å². The van der Waals surface area contributed by atoms with Crippen molar-refractivity contribution in [2.24, 2.45) is 7.05 Å². The number of pyridine rings is 1. The van der Waals surface area contributed by atoms with Gasteiger partial charge in [-0.25, -0.2) is 14.5 Å². The van der Waals surface area contributed by atoms with E-state index < -0.39 is 0 Å². The Hall–Kier alpha value is -3.26. The molecule has 29 heavy (non-hydrogen) atoms. The Morgan fingerprint density at radius 1 is 1.24 bits per heavy atom. The summed E-state index contributed by atoms with van der Waals surface area (Å²) < 4.78 is 9.26. The standard InChI is InChI=1S/C21H23N7O/c1-13-17(14-5-4-6-22-11-14)12-28-18(13)19(24-15-9-16(10-15)29-3)25-20(26-28)21-23-7-8-27(21)2/h4-8,11-12,15-16H,9-10H2,1-3H3,(H,24,25,26). The van der Waals surface area contributed by atoms with Crippen molar-refractivity contribution in [3.05, 3.63) is 48.7 Å². The molecule has 1 saturated carbocycles. The first-order chi connectivity index (χ1) is 14.1. The van der Waals surface area contributed by atoms with Crippen LogP contribution in [-0.4, -0.2) is 48.4 Å².